The predicted octanol–water partition coefficient (Wildman–Crippen LogP) is 1.34. The van der Waals surface area contributed by atoms with E-state index < -0.39 is 10.0 Å². The number of carbonyl (C=O) groups is 1. The summed E-state index contributed by atoms with van der Waals surface area (Å²) in [6.07, 6.45) is 2.76. The maximum Gasteiger partial charge on any atom is 0.255 e. The quantitative estimate of drug-likeness (QED) is 0.898. The van der Waals surface area contributed by atoms with E-state index in [0.717, 1.165) is 17.5 Å². The van der Waals surface area contributed by atoms with Gasteiger partial charge in [0.05, 0.1) is 11.8 Å². The molecule has 0 aliphatic carbocycles. The van der Waals surface area contributed by atoms with Crippen LogP contribution in [0.15, 0.2) is 12.3 Å². The van der Waals surface area contributed by atoms with Gasteiger partial charge in [-0.25, -0.2) is 13.1 Å². The molecule has 23 heavy (non-hydrogen) atoms. The van der Waals surface area contributed by atoms with E-state index in [9.17, 15) is 13.2 Å². The van der Waals surface area contributed by atoms with Crippen molar-refractivity contribution in [3.8, 4) is 0 Å². The minimum absolute atomic E-state index is 0.0848. The molecule has 0 bridgehead atoms. The van der Waals surface area contributed by atoms with Gasteiger partial charge in [-0.3, -0.25) is 9.78 Å². The molecular weight excluding hydrogens is 314 g/mol. The normalized spacial score (nSPS) is 21.9. The molecule has 7 heteroatoms. The molecule has 1 aromatic heterocycles. The zero-order valence-corrected chi connectivity index (χ0v) is 15.1. The molecule has 1 N–H and O–H groups in total. The first kappa shape index (κ1) is 17.9. The van der Waals surface area contributed by atoms with Gasteiger partial charge in [-0.1, -0.05) is 13.8 Å². The number of hydrogen-bond donors (Lipinski definition) is 1. The lowest BCUT2D eigenvalue weighted by Crippen LogP contribution is -2.41. The van der Waals surface area contributed by atoms with Crippen molar-refractivity contribution in [2.75, 3.05) is 19.3 Å². The molecule has 2 atom stereocenters. The largest absolute Gasteiger partial charge is 0.337 e. The zero-order valence-electron chi connectivity index (χ0n) is 14.3. The van der Waals surface area contributed by atoms with Crippen molar-refractivity contribution < 1.29 is 13.2 Å². The second-order valence-corrected chi connectivity index (χ2v) is 8.54. The Hall–Kier alpha value is -1.47. The van der Waals surface area contributed by atoms with Crippen LogP contribution in [0, 0.1) is 25.7 Å². The van der Waals surface area contributed by atoms with Crippen LogP contribution in [0.1, 0.15) is 35.5 Å². The van der Waals surface area contributed by atoms with Gasteiger partial charge < -0.3 is 4.90 Å². The van der Waals surface area contributed by atoms with Gasteiger partial charge in [-0.05, 0) is 37.3 Å². The predicted molar refractivity (Wildman–Crippen MR) is 89.7 cm³/mol. The van der Waals surface area contributed by atoms with Crippen LogP contribution in [-0.4, -0.2) is 49.6 Å². The van der Waals surface area contributed by atoms with Crippen molar-refractivity contribution >= 4 is 15.9 Å². The average molecular weight is 339 g/mol. The maximum absolute atomic E-state index is 12.8. The summed E-state index contributed by atoms with van der Waals surface area (Å²) in [5.41, 5.74) is 2.35. The molecule has 128 valence electrons. The number of likely N-dealkylation sites (tertiary alicyclic amines) is 1. The lowest BCUT2D eigenvalue weighted by Gasteiger charge is -2.21. The molecule has 1 aliphatic rings. The van der Waals surface area contributed by atoms with Gasteiger partial charge in [-0.2, -0.15) is 0 Å². The molecule has 6 nitrogen and oxygen atoms in total. The molecule has 2 heterocycles. The van der Waals surface area contributed by atoms with E-state index in [1.54, 1.807) is 11.1 Å². The first-order valence-electron chi connectivity index (χ1n) is 7.78. The summed E-state index contributed by atoms with van der Waals surface area (Å²) >= 11 is 0. The minimum atomic E-state index is -3.30. The number of hydrogen-bond acceptors (Lipinski definition) is 4. The Bertz CT molecular complexity index is 701. The lowest BCUT2D eigenvalue weighted by molar-refractivity contribution is 0.0782. The Kier molecular flexibility index (Phi) is 5.10. The molecule has 1 amide bonds. The van der Waals surface area contributed by atoms with E-state index in [-0.39, 0.29) is 23.8 Å². The maximum atomic E-state index is 12.8. The molecule has 1 fully saturated rings. The van der Waals surface area contributed by atoms with Crippen molar-refractivity contribution in [1.82, 2.24) is 14.6 Å². The Morgan fingerprint density at radius 2 is 2.00 bits per heavy atom. The van der Waals surface area contributed by atoms with Crippen molar-refractivity contribution in [3.63, 3.8) is 0 Å². The average Bonchev–Trinajstić information content (AvgIpc) is 2.79. The molecule has 0 saturated carbocycles. The van der Waals surface area contributed by atoms with Crippen LogP contribution in [0.25, 0.3) is 0 Å². The summed E-state index contributed by atoms with van der Waals surface area (Å²) in [6, 6.07) is 1.64. The van der Waals surface area contributed by atoms with Crippen LogP contribution in [0.2, 0.25) is 0 Å². The Morgan fingerprint density at radius 3 is 2.52 bits per heavy atom. The molecule has 0 spiro atoms. The smallest absolute Gasteiger partial charge is 0.255 e. The third kappa shape index (κ3) is 4.29. The number of aromatic nitrogens is 1. The highest BCUT2D eigenvalue weighted by Gasteiger charge is 2.38. The molecule has 2 unspecified atom stereocenters. The summed E-state index contributed by atoms with van der Waals surface area (Å²) in [5, 5.41) is 0. The Balaban J connectivity index is 2.22. The second-order valence-electron chi connectivity index (χ2n) is 6.76. The Labute approximate surface area is 138 Å². The van der Waals surface area contributed by atoms with Crippen molar-refractivity contribution in [1.29, 1.82) is 0 Å². The van der Waals surface area contributed by atoms with Gasteiger partial charge in [0.2, 0.25) is 10.0 Å². The number of nitrogens with one attached hydrogen (secondary N) is 1. The van der Waals surface area contributed by atoms with Crippen molar-refractivity contribution in [2.24, 2.45) is 11.8 Å². The summed E-state index contributed by atoms with van der Waals surface area (Å²) in [5.74, 6) is 0.301. The molecule has 1 aliphatic heterocycles. The van der Waals surface area contributed by atoms with Crippen LogP contribution in [0.4, 0.5) is 0 Å². The monoisotopic (exact) mass is 339 g/mol. The lowest BCUT2D eigenvalue weighted by atomic mass is 9.92. The SMILES string of the molecule is Cc1cc(C)c(C(=O)N2CC(NS(C)(=O)=O)C(C(C)C)C2)cn1. The third-order valence-electron chi connectivity index (χ3n) is 4.35. The highest BCUT2D eigenvalue weighted by molar-refractivity contribution is 7.88. The fraction of sp³-hybridized carbons (Fsp3) is 0.625. The van der Waals surface area contributed by atoms with Crippen LogP contribution in [0.5, 0.6) is 0 Å². The molecular formula is C16H25N3O3S. The number of rotatable bonds is 4. The van der Waals surface area contributed by atoms with Gasteiger partial charge in [0.1, 0.15) is 0 Å². The van der Waals surface area contributed by atoms with Crippen LogP contribution in [0.3, 0.4) is 0 Å². The Morgan fingerprint density at radius 1 is 1.35 bits per heavy atom. The molecule has 1 aromatic rings. The van der Waals surface area contributed by atoms with E-state index in [0.29, 0.717) is 18.7 Å². The van der Waals surface area contributed by atoms with Crippen LogP contribution in [-0.2, 0) is 10.0 Å². The number of aryl methyl sites for hydroxylation is 2. The number of amides is 1. The van der Waals surface area contributed by atoms with E-state index in [1.807, 2.05) is 33.8 Å². The summed E-state index contributed by atoms with van der Waals surface area (Å²) < 4.78 is 25.8. The van der Waals surface area contributed by atoms with Gasteiger partial charge in [0.25, 0.3) is 5.91 Å². The fourth-order valence-electron chi connectivity index (χ4n) is 3.16. The second kappa shape index (κ2) is 6.57. The summed E-state index contributed by atoms with van der Waals surface area (Å²) in [7, 11) is -3.30. The first-order chi connectivity index (χ1) is 10.6. The van der Waals surface area contributed by atoms with E-state index in [1.165, 1.54) is 0 Å². The summed E-state index contributed by atoms with van der Waals surface area (Å²) in [4.78, 5) is 18.7. The first-order valence-corrected chi connectivity index (χ1v) is 9.67. The van der Waals surface area contributed by atoms with Crippen LogP contribution < -0.4 is 4.72 Å². The minimum Gasteiger partial charge on any atom is -0.337 e. The highest BCUT2D eigenvalue weighted by Crippen LogP contribution is 2.26. The summed E-state index contributed by atoms with van der Waals surface area (Å²) in [6.45, 7) is 8.82. The standard InChI is InChI=1S/C16H25N3O3S/c1-10(2)14-8-19(9-15(14)18-23(5,21)22)16(20)13-7-17-12(4)6-11(13)3/h6-7,10,14-15,18H,8-9H2,1-5H3. The van der Waals surface area contributed by atoms with Gasteiger partial charge in [-0.15, -0.1) is 0 Å². The molecule has 0 aromatic carbocycles. The van der Waals surface area contributed by atoms with E-state index in [4.69, 9.17) is 0 Å². The number of pyridine rings is 1. The van der Waals surface area contributed by atoms with E-state index >= 15 is 0 Å². The third-order valence-corrected chi connectivity index (χ3v) is 5.08. The van der Waals surface area contributed by atoms with Crippen molar-refractivity contribution in [3.05, 3.63) is 29.1 Å². The number of carbonyl (C=O) groups excluding carboxylic acids is 1. The zero-order chi connectivity index (χ0) is 17.4. The highest BCUT2D eigenvalue weighted by atomic mass is 32.2. The van der Waals surface area contributed by atoms with E-state index in [2.05, 4.69) is 9.71 Å². The molecule has 1 saturated heterocycles. The number of sulfonamides is 1. The molecule has 2 rings (SSSR count). The van der Waals surface area contributed by atoms with Gasteiger partial charge in [0.15, 0.2) is 0 Å². The van der Waals surface area contributed by atoms with Gasteiger partial charge in [0, 0.05) is 31.0 Å². The van der Waals surface area contributed by atoms with Gasteiger partial charge >= 0.3 is 0 Å². The fourth-order valence-corrected chi connectivity index (χ4v) is 3.96. The van der Waals surface area contributed by atoms with Crippen LogP contribution >= 0.6 is 0 Å². The topological polar surface area (TPSA) is 79.4 Å². The molecule has 0 radical (unpaired) electrons. The van der Waals surface area contributed by atoms with Crippen molar-refractivity contribution in [2.45, 2.75) is 33.7 Å². The number of nitrogens with zero attached hydrogens (tertiary/aromatic N) is 2.